The largest absolute Gasteiger partial charge is 0.497 e. The highest BCUT2D eigenvalue weighted by molar-refractivity contribution is 8.00. The highest BCUT2D eigenvalue weighted by Gasteiger charge is 2.29. The normalized spacial score (nSPS) is 13.1. The van der Waals surface area contributed by atoms with Crippen molar-refractivity contribution >= 4 is 63.6 Å². The molecule has 0 spiro atoms. The van der Waals surface area contributed by atoms with Crippen LogP contribution in [0.5, 0.6) is 5.75 Å². The van der Waals surface area contributed by atoms with Gasteiger partial charge in [-0.2, -0.15) is 0 Å². The Bertz CT molecular complexity index is 1850. The quantitative estimate of drug-likeness (QED) is 0.0743. The molecule has 0 radical (unpaired) electrons. The van der Waals surface area contributed by atoms with E-state index in [1.54, 1.807) is 86.8 Å². The SMILES string of the molecule is CCOC(=O)c1c(NC(=O)C(CC)Sc2cccc(NC(=O)/C(=C/c3cccc(OC)c3)NC(=O)c3ccccc3)c2)sc2c1CCCC2. The predicted molar refractivity (Wildman–Crippen MR) is 195 cm³/mol. The summed E-state index contributed by atoms with van der Waals surface area (Å²) in [6, 6.07) is 23.0. The molecule has 3 amide bonds. The van der Waals surface area contributed by atoms with E-state index in [4.69, 9.17) is 9.47 Å². The van der Waals surface area contributed by atoms with E-state index < -0.39 is 23.0 Å². The van der Waals surface area contributed by atoms with E-state index in [1.165, 1.54) is 23.1 Å². The number of rotatable bonds is 13. The number of methoxy groups -OCH3 is 1. The molecule has 0 aliphatic heterocycles. The van der Waals surface area contributed by atoms with Crippen molar-refractivity contribution < 1.29 is 28.7 Å². The van der Waals surface area contributed by atoms with Crippen LogP contribution in [-0.2, 0) is 27.2 Å². The van der Waals surface area contributed by atoms with Gasteiger partial charge >= 0.3 is 5.97 Å². The number of thioether (sulfide) groups is 1. The van der Waals surface area contributed by atoms with E-state index in [0.29, 0.717) is 39.5 Å². The summed E-state index contributed by atoms with van der Waals surface area (Å²) in [6.07, 6.45) is 5.86. The number of hydrogen-bond donors (Lipinski definition) is 3. The Morgan fingerprint density at radius 2 is 1.69 bits per heavy atom. The number of aryl methyl sites for hydroxylation is 1. The fourth-order valence-corrected chi connectivity index (χ4v) is 7.73. The van der Waals surface area contributed by atoms with E-state index >= 15 is 0 Å². The molecule has 3 aromatic carbocycles. The summed E-state index contributed by atoms with van der Waals surface area (Å²) in [6.45, 7) is 3.96. The van der Waals surface area contributed by atoms with Gasteiger partial charge in [-0.15, -0.1) is 23.1 Å². The first-order valence-electron chi connectivity index (χ1n) is 16.2. The summed E-state index contributed by atoms with van der Waals surface area (Å²) >= 11 is 2.83. The molecule has 9 nitrogen and oxygen atoms in total. The smallest absolute Gasteiger partial charge is 0.341 e. The number of nitrogens with one attached hydrogen (secondary N) is 3. The maximum absolute atomic E-state index is 13.6. The minimum absolute atomic E-state index is 0.0435. The Kier molecular flexibility index (Phi) is 12.3. The van der Waals surface area contributed by atoms with Crippen LogP contribution in [0.25, 0.3) is 6.08 Å². The molecule has 1 atom stereocenters. The van der Waals surface area contributed by atoms with Crippen LogP contribution >= 0.6 is 23.1 Å². The first-order chi connectivity index (χ1) is 23.8. The van der Waals surface area contributed by atoms with Gasteiger partial charge in [0.2, 0.25) is 5.91 Å². The zero-order chi connectivity index (χ0) is 34.8. The predicted octanol–water partition coefficient (Wildman–Crippen LogP) is 7.73. The summed E-state index contributed by atoms with van der Waals surface area (Å²) in [5.74, 6) is -0.951. The number of amides is 3. The zero-order valence-electron chi connectivity index (χ0n) is 27.7. The zero-order valence-corrected chi connectivity index (χ0v) is 29.3. The van der Waals surface area contributed by atoms with Crippen molar-refractivity contribution in [3.05, 3.63) is 112 Å². The van der Waals surface area contributed by atoms with E-state index in [1.807, 2.05) is 19.1 Å². The molecule has 254 valence electrons. The lowest BCUT2D eigenvalue weighted by Gasteiger charge is -2.16. The van der Waals surface area contributed by atoms with Gasteiger partial charge in [-0.3, -0.25) is 14.4 Å². The number of hydrogen-bond acceptors (Lipinski definition) is 8. The van der Waals surface area contributed by atoms with Gasteiger partial charge in [0.25, 0.3) is 11.8 Å². The topological polar surface area (TPSA) is 123 Å². The van der Waals surface area contributed by atoms with Crippen LogP contribution < -0.4 is 20.7 Å². The third-order valence-corrected chi connectivity index (χ3v) is 10.4. The van der Waals surface area contributed by atoms with Crippen LogP contribution in [0.1, 0.15) is 69.8 Å². The first-order valence-corrected chi connectivity index (χ1v) is 17.9. The Morgan fingerprint density at radius 3 is 2.45 bits per heavy atom. The molecule has 1 aliphatic rings. The van der Waals surface area contributed by atoms with Gasteiger partial charge in [0.05, 0.1) is 24.5 Å². The molecular formula is C38H39N3O6S2. The fraction of sp³-hybridized carbons (Fsp3) is 0.263. The van der Waals surface area contributed by atoms with Gasteiger partial charge in [0, 0.05) is 21.0 Å². The molecule has 11 heteroatoms. The summed E-state index contributed by atoms with van der Waals surface area (Å²) in [7, 11) is 1.56. The van der Waals surface area contributed by atoms with Crippen molar-refractivity contribution in [3.63, 3.8) is 0 Å². The molecular weight excluding hydrogens is 659 g/mol. The molecule has 49 heavy (non-hydrogen) atoms. The second-order valence-electron chi connectivity index (χ2n) is 11.3. The summed E-state index contributed by atoms with van der Waals surface area (Å²) in [5.41, 5.74) is 3.08. The van der Waals surface area contributed by atoms with Gasteiger partial charge in [-0.25, -0.2) is 4.79 Å². The maximum Gasteiger partial charge on any atom is 0.341 e. The lowest BCUT2D eigenvalue weighted by Crippen LogP contribution is -2.30. The van der Waals surface area contributed by atoms with Gasteiger partial charge in [-0.1, -0.05) is 43.3 Å². The van der Waals surface area contributed by atoms with Crippen molar-refractivity contribution in [1.29, 1.82) is 0 Å². The molecule has 1 heterocycles. The fourth-order valence-electron chi connectivity index (χ4n) is 5.44. The number of esters is 1. The number of carbonyl (C=O) groups is 4. The van der Waals surface area contributed by atoms with Crippen molar-refractivity contribution in [3.8, 4) is 5.75 Å². The van der Waals surface area contributed by atoms with E-state index in [9.17, 15) is 19.2 Å². The average Bonchev–Trinajstić information content (AvgIpc) is 3.48. The van der Waals surface area contributed by atoms with Crippen molar-refractivity contribution in [2.24, 2.45) is 0 Å². The molecule has 0 saturated carbocycles. The molecule has 0 fully saturated rings. The number of carbonyl (C=O) groups excluding carboxylic acids is 4. The number of benzene rings is 3. The molecule has 0 saturated heterocycles. The van der Waals surface area contributed by atoms with Crippen LogP contribution in [0.15, 0.2) is 89.5 Å². The van der Waals surface area contributed by atoms with Crippen LogP contribution in [0, 0.1) is 0 Å². The van der Waals surface area contributed by atoms with Crippen LogP contribution in [0.3, 0.4) is 0 Å². The molecule has 4 aromatic rings. The third-order valence-electron chi connectivity index (χ3n) is 7.85. The van der Waals surface area contributed by atoms with Gasteiger partial charge in [0.15, 0.2) is 0 Å². The Balaban J connectivity index is 1.32. The molecule has 3 N–H and O–H groups in total. The second-order valence-corrected chi connectivity index (χ2v) is 13.7. The third kappa shape index (κ3) is 9.18. The maximum atomic E-state index is 13.6. The minimum atomic E-state index is -0.521. The van der Waals surface area contributed by atoms with E-state index in [0.717, 1.165) is 41.0 Å². The lowest BCUT2D eigenvalue weighted by atomic mass is 9.95. The number of ether oxygens (including phenoxy) is 2. The first kappa shape index (κ1) is 35.4. The summed E-state index contributed by atoms with van der Waals surface area (Å²) < 4.78 is 10.7. The molecule has 5 rings (SSSR count). The van der Waals surface area contributed by atoms with Crippen molar-refractivity contribution in [2.75, 3.05) is 24.4 Å². The van der Waals surface area contributed by atoms with E-state index in [2.05, 4.69) is 16.0 Å². The van der Waals surface area contributed by atoms with Crippen molar-refractivity contribution in [2.45, 2.75) is 56.1 Å². The van der Waals surface area contributed by atoms with E-state index in [-0.39, 0.29) is 18.2 Å². The van der Waals surface area contributed by atoms with Crippen LogP contribution in [-0.4, -0.2) is 42.7 Å². The van der Waals surface area contributed by atoms with Crippen LogP contribution in [0.4, 0.5) is 10.7 Å². The second kappa shape index (κ2) is 17.0. The van der Waals surface area contributed by atoms with Gasteiger partial charge < -0.3 is 25.4 Å². The molecule has 1 aliphatic carbocycles. The number of fused-ring (bicyclic) bond motifs is 1. The van der Waals surface area contributed by atoms with Crippen LogP contribution in [0.2, 0.25) is 0 Å². The van der Waals surface area contributed by atoms with Gasteiger partial charge in [0.1, 0.15) is 16.4 Å². The Morgan fingerprint density at radius 1 is 0.918 bits per heavy atom. The monoisotopic (exact) mass is 697 g/mol. The minimum Gasteiger partial charge on any atom is -0.497 e. The highest BCUT2D eigenvalue weighted by atomic mass is 32.2. The lowest BCUT2D eigenvalue weighted by molar-refractivity contribution is -0.116. The number of anilines is 2. The standard InChI is InChI=1S/C38H39N3O6S2/c1-4-31(36(44)41-37-33(38(45)47-5-2)29-19-9-10-20-32(29)49-37)48-28-18-12-16-26(23-28)39-35(43)30(22-24-13-11-17-27(21-24)46-3)40-34(42)25-14-7-6-8-15-25/h6-8,11-18,21-23,31H,4-5,9-10,19-20H2,1-3H3,(H,39,43)(H,40,42)(H,41,44)/b30-22-. The Labute approximate surface area is 294 Å². The van der Waals surface area contributed by atoms with Gasteiger partial charge in [-0.05, 0) is 98.7 Å². The van der Waals surface area contributed by atoms with Crippen molar-refractivity contribution in [1.82, 2.24) is 5.32 Å². The molecule has 0 bridgehead atoms. The molecule has 1 unspecified atom stereocenters. The highest BCUT2D eigenvalue weighted by Crippen LogP contribution is 2.39. The molecule has 1 aromatic heterocycles. The average molecular weight is 698 g/mol. The summed E-state index contributed by atoms with van der Waals surface area (Å²) in [4.78, 5) is 55.1. The summed E-state index contributed by atoms with van der Waals surface area (Å²) in [5, 5.41) is 8.76. The Hall–Kier alpha value is -4.87. The number of thiophene rings is 1.